The van der Waals surface area contributed by atoms with E-state index in [1.165, 1.54) is 22.9 Å². The van der Waals surface area contributed by atoms with E-state index in [2.05, 4.69) is 12.1 Å². The molecule has 1 amide bonds. The van der Waals surface area contributed by atoms with E-state index < -0.39 is 5.60 Å². The van der Waals surface area contributed by atoms with Crippen molar-refractivity contribution in [1.82, 2.24) is 4.90 Å². The van der Waals surface area contributed by atoms with E-state index in [4.69, 9.17) is 4.74 Å². The molecule has 0 bridgehead atoms. The number of aryl methyl sites for hydroxylation is 1. The van der Waals surface area contributed by atoms with Crippen molar-refractivity contribution in [3.8, 4) is 0 Å². The van der Waals surface area contributed by atoms with Crippen LogP contribution in [0.15, 0.2) is 17.0 Å². The van der Waals surface area contributed by atoms with Gasteiger partial charge in [-0.3, -0.25) is 4.79 Å². The van der Waals surface area contributed by atoms with E-state index in [-0.39, 0.29) is 11.2 Å². The lowest BCUT2D eigenvalue weighted by molar-refractivity contribution is -0.109. The zero-order valence-electron chi connectivity index (χ0n) is 14.6. The van der Waals surface area contributed by atoms with Gasteiger partial charge in [-0.1, -0.05) is 23.9 Å². The topological polar surface area (TPSA) is 46.6 Å². The summed E-state index contributed by atoms with van der Waals surface area (Å²) in [6, 6.07) is 4.18. The van der Waals surface area contributed by atoms with Crippen LogP contribution in [0.2, 0.25) is 0 Å². The first-order valence-corrected chi connectivity index (χ1v) is 8.77. The zero-order chi connectivity index (χ0) is 17.2. The second kappa shape index (κ2) is 6.95. The second-order valence-electron chi connectivity index (χ2n) is 6.91. The van der Waals surface area contributed by atoms with Crippen molar-refractivity contribution in [3.05, 3.63) is 28.8 Å². The van der Waals surface area contributed by atoms with Gasteiger partial charge < -0.3 is 9.64 Å². The maximum absolute atomic E-state index is 12.3. The molecule has 1 aromatic rings. The Hall–Kier alpha value is -1.49. The number of benzene rings is 1. The van der Waals surface area contributed by atoms with E-state index in [9.17, 15) is 9.59 Å². The van der Waals surface area contributed by atoms with Crippen molar-refractivity contribution >= 4 is 23.0 Å². The standard InChI is InChI=1S/C18H25NO3S/c1-12-6-7-14-8-10-19(17(21)22-18(3,4)5)11-9-15(14)16(12)23-13(2)20/h6-7H,8-11H2,1-5H3. The predicted octanol–water partition coefficient (Wildman–Crippen LogP) is 3.97. The molecule has 1 aliphatic heterocycles. The summed E-state index contributed by atoms with van der Waals surface area (Å²) in [5.41, 5.74) is 3.07. The van der Waals surface area contributed by atoms with Crippen LogP contribution in [0, 0.1) is 6.92 Å². The van der Waals surface area contributed by atoms with E-state index in [0.717, 1.165) is 23.3 Å². The van der Waals surface area contributed by atoms with Gasteiger partial charge in [0.05, 0.1) is 0 Å². The minimum atomic E-state index is -0.484. The average molecular weight is 335 g/mol. The molecule has 0 saturated heterocycles. The quantitative estimate of drug-likeness (QED) is 0.729. The molecular weight excluding hydrogens is 310 g/mol. The van der Waals surface area contributed by atoms with Gasteiger partial charge in [-0.2, -0.15) is 0 Å². The molecule has 0 saturated carbocycles. The Bertz CT molecular complexity index is 619. The third-order valence-corrected chi connectivity index (χ3v) is 4.79. The molecule has 0 atom stereocenters. The third-order valence-electron chi connectivity index (χ3n) is 3.73. The van der Waals surface area contributed by atoms with Gasteiger partial charge in [-0.15, -0.1) is 0 Å². The summed E-state index contributed by atoms with van der Waals surface area (Å²) in [6.07, 6.45) is 1.29. The smallest absolute Gasteiger partial charge is 0.410 e. The number of rotatable bonds is 1. The van der Waals surface area contributed by atoms with E-state index in [0.29, 0.717) is 13.1 Å². The Morgan fingerprint density at radius 3 is 2.43 bits per heavy atom. The molecule has 0 aliphatic carbocycles. The molecule has 23 heavy (non-hydrogen) atoms. The number of nitrogens with zero attached hydrogens (tertiary/aromatic N) is 1. The molecule has 2 rings (SSSR count). The highest BCUT2D eigenvalue weighted by molar-refractivity contribution is 8.13. The van der Waals surface area contributed by atoms with Crippen LogP contribution in [0.5, 0.6) is 0 Å². The minimum Gasteiger partial charge on any atom is -0.444 e. The van der Waals surface area contributed by atoms with Crippen LogP contribution in [0.4, 0.5) is 4.79 Å². The summed E-state index contributed by atoms with van der Waals surface area (Å²) in [6.45, 7) is 10.5. The lowest BCUT2D eigenvalue weighted by Gasteiger charge is -2.26. The van der Waals surface area contributed by atoms with Crippen molar-refractivity contribution in [2.24, 2.45) is 0 Å². The highest BCUT2D eigenvalue weighted by atomic mass is 32.2. The molecule has 4 nitrogen and oxygen atoms in total. The monoisotopic (exact) mass is 335 g/mol. The number of fused-ring (bicyclic) bond motifs is 1. The molecule has 0 spiro atoms. The SMILES string of the molecule is CC(=O)Sc1c(C)ccc2c1CCN(C(=O)OC(C)(C)C)CC2. The molecule has 0 fully saturated rings. The van der Waals surface area contributed by atoms with Gasteiger partial charge in [-0.05, 0) is 57.2 Å². The maximum atomic E-state index is 12.3. The first kappa shape index (κ1) is 17.9. The summed E-state index contributed by atoms with van der Waals surface area (Å²) < 4.78 is 5.48. The van der Waals surface area contributed by atoms with Crippen LogP contribution in [0.25, 0.3) is 0 Å². The molecule has 0 unspecified atom stereocenters. The lowest BCUT2D eigenvalue weighted by Crippen LogP contribution is -2.38. The predicted molar refractivity (Wildman–Crippen MR) is 92.9 cm³/mol. The number of ether oxygens (including phenoxy) is 1. The van der Waals surface area contributed by atoms with Crippen LogP contribution in [-0.4, -0.2) is 34.8 Å². The van der Waals surface area contributed by atoms with Crippen molar-refractivity contribution in [2.45, 2.75) is 58.0 Å². The Morgan fingerprint density at radius 1 is 1.17 bits per heavy atom. The molecule has 0 N–H and O–H groups in total. The molecule has 1 aliphatic rings. The fourth-order valence-electron chi connectivity index (χ4n) is 2.70. The Kier molecular flexibility index (Phi) is 5.40. The normalized spacial score (nSPS) is 14.9. The van der Waals surface area contributed by atoms with Crippen LogP contribution in [-0.2, 0) is 22.4 Å². The summed E-state index contributed by atoms with van der Waals surface area (Å²) >= 11 is 1.29. The third kappa shape index (κ3) is 4.74. The fourth-order valence-corrected chi connectivity index (χ4v) is 3.58. The molecule has 0 aromatic heterocycles. The molecule has 0 radical (unpaired) electrons. The lowest BCUT2D eigenvalue weighted by atomic mass is 10.0. The van der Waals surface area contributed by atoms with Crippen LogP contribution >= 0.6 is 11.8 Å². The fraction of sp³-hybridized carbons (Fsp3) is 0.556. The maximum Gasteiger partial charge on any atom is 0.410 e. The van der Waals surface area contributed by atoms with Crippen LogP contribution < -0.4 is 0 Å². The number of carbonyl (C=O) groups excluding carboxylic acids is 2. The molecule has 5 heteroatoms. The number of thioether (sulfide) groups is 1. The van der Waals surface area contributed by atoms with E-state index in [1.54, 1.807) is 11.8 Å². The highest BCUT2D eigenvalue weighted by Crippen LogP contribution is 2.32. The number of amides is 1. The average Bonchev–Trinajstić information content (AvgIpc) is 2.62. The Morgan fingerprint density at radius 2 is 1.83 bits per heavy atom. The number of hydrogen-bond acceptors (Lipinski definition) is 4. The van der Waals surface area contributed by atoms with Crippen LogP contribution in [0.1, 0.15) is 44.4 Å². The van der Waals surface area contributed by atoms with Gasteiger partial charge >= 0.3 is 6.09 Å². The van der Waals surface area contributed by atoms with E-state index in [1.807, 2.05) is 27.7 Å². The van der Waals surface area contributed by atoms with Crippen molar-refractivity contribution < 1.29 is 14.3 Å². The van der Waals surface area contributed by atoms with Crippen molar-refractivity contribution in [2.75, 3.05) is 13.1 Å². The summed E-state index contributed by atoms with van der Waals surface area (Å²) in [7, 11) is 0. The van der Waals surface area contributed by atoms with Gasteiger partial charge in [-0.25, -0.2) is 4.79 Å². The van der Waals surface area contributed by atoms with E-state index >= 15 is 0 Å². The molecular formula is C18H25NO3S. The summed E-state index contributed by atoms with van der Waals surface area (Å²) in [5.74, 6) is 0. The Labute approximate surface area is 142 Å². The molecule has 1 aromatic carbocycles. The Balaban J connectivity index is 2.20. The second-order valence-corrected chi connectivity index (χ2v) is 8.10. The van der Waals surface area contributed by atoms with Gasteiger partial charge in [0.15, 0.2) is 5.12 Å². The summed E-state index contributed by atoms with van der Waals surface area (Å²) in [4.78, 5) is 26.7. The van der Waals surface area contributed by atoms with Crippen molar-refractivity contribution in [1.29, 1.82) is 0 Å². The minimum absolute atomic E-state index is 0.0924. The molecule has 126 valence electrons. The van der Waals surface area contributed by atoms with Gasteiger partial charge in [0.2, 0.25) is 0 Å². The zero-order valence-corrected chi connectivity index (χ0v) is 15.4. The first-order chi connectivity index (χ1) is 10.7. The van der Waals surface area contributed by atoms with Gasteiger partial charge in [0.25, 0.3) is 0 Å². The number of hydrogen-bond donors (Lipinski definition) is 0. The van der Waals surface area contributed by atoms with Crippen LogP contribution in [0.3, 0.4) is 0 Å². The van der Waals surface area contributed by atoms with Gasteiger partial charge in [0.1, 0.15) is 5.60 Å². The first-order valence-electron chi connectivity index (χ1n) is 7.95. The van der Waals surface area contributed by atoms with Gasteiger partial charge in [0, 0.05) is 24.9 Å². The highest BCUT2D eigenvalue weighted by Gasteiger charge is 2.25. The summed E-state index contributed by atoms with van der Waals surface area (Å²) in [5, 5.41) is 0.0924. The van der Waals surface area contributed by atoms with Crippen molar-refractivity contribution in [3.63, 3.8) is 0 Å². The number of carbonyl (C=O) groups is 2. The largest absolute Gasteiger partial charge is 0.444 e. The molecule has 1 heterocycles.